The van der Waals surface area contributed by atoms with Crippen molar-refractivity contribution in [2.45, 2.75) is 26.8 Å². The molecule has 144 valence electrons. The molecule has 0 saturated carbocycles. The number of piperazine rings is 1. The summed E-state index contributed by atoms with van der Waals surface area (Å²) in [6, 6.07) is 6.87. The standard InChI is InChI=1S/C19H30N4O3/c1-4-26-16-7-5-15(6-8-16)21-17(24)13-22-9-11-23(12-10-22)19(25)18(20)14(2)3/h5-8,14,18H,4,9-13,20H2,1-3H3,(H,21,24)/t18-/m0/s1. The largest absolute Gasteiger partial charge is 0.494 e. The molecule has 0 radical (unpaired) electrons. The van der Waals surface area contributed by atoms with Gasteiger partial charge in [-0.05, 0) is 37.1 Å². The van der Waals surface area contributed by atoms with E-state index in [0.29, 0.717) is 39.3 Å². The Morgan fingerprint density at radius 2 is 1.77 bits per heavy atom. The molecule has 1 atom stereocenters. The quantitative estimate of drug-likeness (QED) is 0.760. The third kappa shape index (κ3) is 5.71. The first-order chi connectivity index (χ1) is 12.4. The molecule has 1 saturated heterocycles. The van der Waals surface area contributed by atoms with Gasteiger partial charge in [-0.2, -0.15) is 0 Å². The molecule has 1 heterocycles. The van der Waals surface area contributed by atoms with Gasteiger partial charge in [0, 0.05) is 31.9 Å². The van der Waals surface area contributed by atoms with Gasteiger partial charge in [-0.15, -0.1) is 0 Å². The number of amides is 2. The van der Waals surface area contributed by atoms with E-state index in [-0.39, 0.29) is 17.7 Å². The summed E-state index contributed by atoms with van der Waals surface area (Å²) < 4.78 is 5.39. The van der Waals surface area contributed by atoms with E-state index in [1.807, 2.05) is 45.0 Å². The maximum Gasteiger partial charge on any atom is 0.239 e. The lowest BCUT2D eigenvalue weighted by Crippen LogP contribution is -2.55. The van der Waals surface area contributed by atoms with E-state index in [1.54, 1.807) is 4.90 Å². The van der Waals surface area contributed by atoms with E-state index in [1.165, 1.54) is 0 Å². The highest BCUT2D eigenvalue weighted by Gasteiger charge is 2.27. The van der Waals surface area contributed by atoms with Crippen LogP contribution < -0.4 is 15.8 Å². The molecule has 2 amide bonds. The van der Waals surface area contributed by atoms with Crippen LogP contribution in [0.25, 0.3) is 0 Å². The predicted molar refractivity (Wildman–Crippen MR) is 102 cm³/mol. The zero-order chi connectivity index (χ0) is 19.1. The third-order valence-electron chi connectivity index (χ3n) is 4.50. The van der Waals surface area contributed by atoms with Gasteiger partial charge in [-0.1, -0.05) is 13.8 Å². The molecule has 0 aromatic heterocycles. The topological polar surface area (TPSA) is 87.9 Å². The number of hydrogen-bond acceptors (Lipinski definition) is 5. The van der Waals surface area contributed by atoms with Crippen molar-refractivity contribution in [3.05, 3.63) is 24.3 Å². The number of nitrogens with two attached hydrogens (primary N) is 1. The lowest BCUT2D eigenvalue weighted by molar-refractivity contribution is -0.135. The van der Waals surface area contributed by atoms with Crippen LogP contribution in [0.15, 0.2) is 24.3 Å². The smallest absolute Gasteiger partial charge is 0.239 e. The average Bonchev–Trinajstić information content (AvgIpc) is 2.63. The van der Waals surface area contributed by atoms with E-state index >= 15 is 0 Å². The summed E-state index contributed by atoms with van der Waals surface area (Å²) in [6.45, 7) is 9.31. The summed E-state index contributed by atoms with van der Waals surface area (Å²) in [6.07, 6.45) is 0. The molecule has 7 heteroatoms. The fraction of sp³-hybridized carbons (Fsp3) is 0.579. The van der Waals surface area contributed by atoms with E-state index in [4.69, 9.17) is 10.5 Å². The Hall–Kier alpha value is -2.12. The fourth-order valence-electron chi connectivity index (χ4n) is 2.83. The van der Waals surface area contributed by atoms with Crippen LogP contribution in [-0.2, 0) is 9.59 Å². The Bertz CT molecular complexity index is 595. The number of nitrogens with zero attached hydrogens (tertiary/aromatic N) is 2. The van der Waals surface area contributed by atoms with Crippen LogP contribution >= 0.6 is 0 Å². The highest BCUT2D eigenvalue weighted by molar-refractivity contribution is 5.92. The zero-order valence-corrected chi connectivity index (χ0v) is 15.9. The van der Waals surface area contributed by atoms with Crippen LogP contribution in [0, 0.1) is 5.92 Å². The first kappa shape index (κ1) is 20.2. The van der Waals surface area contributed by atoms with Crippen molar-refractivity contribution in [3.63, 3.8) is 0 Å². The number of benzene rings is 1. The van der Waals surface area contributed by atoms with Gasteiger partial charge >= 0.3 is 0 Å². The van der Waals surface area contributed by atoms with Gasteiger partial charge in [0.05, 0.1) is 19.2 Å². The Morgan fingerprint density at radius 1 is 1.15 bits per heavy atom. The van der Waals surface area contributed by atoms with Crippen LogP contribution in [0.5, 0.6) is 5.75 Å². The molecule has 0 unspecified atom stereocenters. The number of ether oxygens (including phenoxy) is 1. The van der Waals surface area contributed by atoms with Crippen LogP contribution in [0.3, 0.4) is 0 Å². The summed E-state index contributed by atoms with van der Waals surface area (Å²) in [5.74, 6) is 0.845. The van der Waals surface area contributed by atoms with Crippen LogP contribution in [0.2, 0.25) is 0 Å². The van der Waals surface area contributed by atoms with Gasteiger partial charge in [0.1, 0.15) is 5.75 Å². The minimum Gasteiger partial charge on any atom is -0.494 e. The van der Waals surface area contributed by atoms with Gasteiger partial charge in [0.2, 0.25) is 11.8 Å². The Morgan fingerprint density at radius 3 is 2.31 bits per heavy atom. The first-order valence-electron chi connectivity index (χ1n) is 9.20. The summed E-state index contributed by atoms with van der Waals surface area (Å²) in [5.41, 5.74) is 6.69. The second-order valence-corrected chi connectivity index (χ2v) is 6.88. The molecule has 0 spiro atoms. The third-order valence-corrected chi connectivity index (χ3v) is 4.50. The second kappa shape index (κ2) is 9.54. The summed E-state index contributed by atoms with van der Waals surface area (Å²) in [4.78, 5) is 28.3. The Labute approximate surface area is 155 Å². The molecule has 3 N–H and O–H groups in total. The van der Waals surface area contributed by atoms with Gasteiger partial charge in [0.25, 0.3) is 0 Å². The molecule has 1 aromatic rings. The number of anilines is 1. The number of carbonyl (C=O) groups excluding carboxylic acids is 2. The van der Waals surface area contributed by atoms with Gasteiger partial charge < -0.3 is 20.7 Å². The highest BCUT2D eigenvalue weighted by Crippen LogP contribution is 2.15. The lowest BCUT2D eigenvalue weighted by atomic mass is 10.0. The number of rotatable bonds is 7. The monoisotopic (exact) mass is 362 g/mol. The summed E-state index contributed by atoms with van der Waals surface area (Å²) in [7, 11) is 0. The molecule has 1 aliphatic heterocycles. The minimum atomic E-state index is -0.454. The van der Waals surface area contributed by atoms with Crippen LogP contribution in [-0.4, -0.2) is 67.0 Å². The average molecular weight is 362 g/mol. The number of carbonyl (C=O) groups is 2. The maximum absolute atomic E-state index is 12.3. The zero-order valence-electron chi connectivity index (χ0n) is 15.9. The van der Waals surface area contributed by atoms with Crippen molar-refractivity contribution in [1.29, 1.82) is 0 Å². The minimum absolute atomic E-state index is 0.00140. The van der Waals surface area contributed by atoms with Crippen molar-refractivity contribution in [2.24, 2.45) is 11.7 Å². The first-order valence-corrected chi connectivity index (χ1v) is 9.20. The lowest BCUT2D eigenvalue weighted by Gasteiger charge is -2.36. The molecular weight excluding hydrogens is 332 g/mol. The van der Waals surface area contributed by atoms with Crippen molar-refractivity contribution in [1.82, 2.24) is 9.80 Å². The molecule has 7 nitrogen and oxygen atoms in total. The molecule has 2 rings (SSSR count). The van der Waals surface area contributed by atoms with E-state index < -0.39 is 6.04 Å². The number of hydrogen-bond donors (Lipinski definition) is 2. The molecule has 26 heavy (non-hydrogen) atoms. The van der Waals surface area contributed by atoms with Gasteiger partial charge in [0.15, 0.2) is 0 Å². The Balaban J connectivity index is 1.76. The van der Waals surface area contributed by atoms with Crippen LogP contribution in [0.4, 0.5) is 5.69 Å². The fourth-order valence-corrected chi connectivity index (χ4v) is 2.83. The van der Waals surface area contributed by atoms with Gasteiger partial charge in [-0.25, -0.2) is 0 Å². The molecule has 1 fully saturated rings. The van der Waals surface area contributed by atoms with Crippen molar-refractivity contribution >= 4 is 17.5 Å². The highest BCUT2D eigenvalue weighted by atomic mass is 16.5. The molecule has 0 bridgehead atoms. The Kier molecular flexibility index (Phi) is 7.41. The molecule has 0 aliphatic carbocycles. The second-order valence-electron chi connectivity index (χ2n) is 6.88. The van der Waals surface area contributed by atoms with E-state index in [2.05, 4.69) is 10.2 Å². The normalized spacial score (nSPS) is 16.4. The van der Waals surface area contributed by atoms with Crippen molar-refractivity contribution in [3.8, 4) is 5.75 Å². The predicted octanol–water partition coefficient (Wildman–Crippen LogP) is 1.15. The molecule has 1 aliphatic rings. The van der Waals surface area contributed by atoms with E-state index in [0.717, 1.165) is 11.4 Å². The van der Waals surface area contributed by atoms with Crippen molar-refractivity contribution < 1.29 is 14.3 Å². The molecular formula is C19H30N4O3. The summed E-state index contributed by atoms with van der Waals surface area (Å²) >= 11 is 0. The van der Waals surface area contributed by atoms with Crippen LogP contribution in [0.1, 0.15) is 20.8 Å². The van der Waals surface area contributed by atoms with Gasteiger partial charge in [-0.3, -0.25) is 14.5 Å². The van der Waals surface area contributed by atoms with Crippen molar-refractivity contribution in [2.75, 3.05) is 44.6 Å². The van der Waals surface area contributed by atoms with E-state index in [9.17, 15) is 9.59 Å². The number of nitrogens with one attached hydrogen (secondary N) is 1. The molecule has 1 aromatic carbocycles. The SMILES string of the molecule is CCOc1ccc(NC(=O)CN2CCN(C(=O)[C@@H](N)C(C)C)CC2)cc1. The maximum atomic E-state index is 12.3. The summed E-state index contributed by atoms with van der Waals surface area (Å²) in [5, 5.41) is 2.89.